The molecule has 0 spiro atoms. The van der Waals surface area contributed by atoms with E-state index in [1.807, 2.05) is 24.3 Å². The third-order valence-electron chi connectivity index (χ3n) is 3.94. The highest BCUT2D eigenvalue weighted by molar-refractivity contribution is 6.31. The smallest absolute Gasteiger partial charge is 0.0731 e. The van der Waals surface area contributed by atoms with Crippen molar-refractivity contribution in [3.63, 3.8) is 0 Å². The zero-order valence-corrected chi connectivity index (χ0v) is 12.7. The molecule has 4 rings (SSSR count). The molecule has 0 aliphatic carbocycles. The van der Waals surface area contributed by atoms with Gasteiger partial charge in [-0.1, -0.05) is 41.4 Å². The van der Waals surface area contributed by atoms with Crippen LogP contribution < -0.4 is 0 Å². The van der Waals surface area contributed by atoms with Crippen molar-refractivity contribution in [3.8, 4) is 11.1 Å². The molecule has 0 fully saturated rings. The summed E-state index contributed by atoms with van der Waals surface area (Å²) in [5.74, 6) is 0. The Bertz CT molecular complexity index is 838. The van der Waals surface area contributed by atoms with E-state index in [4.69, 9.17) is 27.9 Å². The van der Waals surface area contributed by atoms with E-state index in [1.54, 1.807) is 0 Å². The molecule has 0 bridgehead atoms. The second-order valence-corrected chi connectivity index (χ2v) is 6.13. The van der Waals surface area contributed by atoms with Gasteiger partial charge in [0, 0.05) is 10.0 Å². The molecule has 3 aromatic rings. The Hall–Kier alpha value is -1.54. The van der Waals surface area contributed by atoms with Crippen LogP contribution in [0.15, 0.2) is 48.5 Å². The van der Waals surface area contributed by atoms with Gasteiger partial charge in [-0.2, -0.15) is 0 Å². The lowest BCUT2D eigenvalue weighted by molar-refractivity contribution is 0.134. The molecule has 104 valence electrons. The van der Waals surface area contributed by atoms with Crippen LogP contribution in [0.4, 0.5) is 0 Å². The van der Waals surface area contributed by atoms with Crippen molar-refractivity contribution in [3.05, 3.63) is 69.7 Å². The second-order valence-electron chi connectivity index (χ2n) is 5.25. The first-order chi connectivity index (χ1) is 10.2. The van der Waals surface area contributed by atoms with Gasteiger partial charge in [0.2, 0.25) is 0 Å². The maximum atomic E-state index is 6.20. The van der Waals surface area contributed by atoms with Crippen LogP contribution in [0, 0.1) is 0 Å². The highest BCUT2D eigenvalue weighted by Gasteiger charge is 2.19. The van der Waals surface area contributed by atoms with Crippen molar-refractivity contribution in [2.45, 2.75) is 13.2 Å². The lowest BCUT2D eigenvalue weighted by atomic mass is 9.91. The number of hydrogen-bond donors (Lipinski definition) is 0. The van der Waals surface area contributed by atoms with Crippen molar-refractivity contribution in [1.29, 1.82) is 0 Å². The molecule has 21 heavy (non-hydrogen) atoms. The largest absolute Gasteiger partial charge is 0.372 e. The Morgan fingerprint density at radius 1 is 0.810 bits per heavy atom. The Morgan fingerprint density at radius 2 is 1.57 bits per heavy atom. The summed E-state index contributed by atoms with van der Waals surface area (Å²) >= 11 is 12.2. The zero-order valence-electron chi connectivity index (χ0n) is 11.2. The van der Waals surface area contributed by atoms with E-state index < -0.39 is 0 Å². The topological polar surface area (TPSA) is 9.23 Å². The highest BCUT2D eigenvalue weighted by atomic mass is 35.5. The fraction of sp³-hybridized carbons (Fsp3) is 0.111. The number of hydrogen-bond acceptors (Lipinski definition) is 1. The lowest BCUT2D eigenvalue weighted by Gasteiger charge is -2.13. The highest BCUT2D eigenvalue weighted by Crippen LogP contribution is 2.39. The normalized spacial score (nSPS) is 13.6. The maximum absolute atomic E-state index is 6.20. The first kappa shape index (κ1) is 13.1. The minimum absolute atomic E-state index is 0.649. The Balaban J connectivity index is 2.09. The van der Waals surface area contributed by atoms with E-state index >= 15 is 0 Å². The lowest BCUT2D eigenvalue weighted by Crippen LogP contribution is -1.91. The monoisotopic (exact) mass is 314 g/mol. The maximum Gasteiger partial charge on any atom is 0.0731 e. The van der Waals surface area contributed by atoms with Gasteiger partial charge in [0.1, 0.15) is 0 Å². The van der Waals surface area contributed by atoms with Crippen LogP contribution in [0.5, 0.6) is 0 Å². The fourth-order valence-corrected chi connectivity index (χ4v) is 3.27. The van der Waals surface area contributed by atoms with Gasteiger partial charge in [0.15, 0.2) is 0 Å². The van der Waals surface area contributed by atoms with Crippen LogP contribution in [-0.4, -0.2) is 0 Å². The third-order valence-corrected chi connectivity index (χ3v) is 4.43. The van der Waals surface area contributed by atoms with Gasteiger partial charge < -0.3 is 4.74 Å². The first-order valence-electron chi connectivity index (χ1n) is 6.80. The first-order valence-corrected chi connectivity index (χ1v) is 7.56. The molecule has 1 heterocycles. The summed E-state index contributed by atoms with van der Waals surface area (Å²) in [4.78, 5) is 0. The molecular weight excluding hydrogens is 303 g/mol. The average molecular weight is 315 g/mol. The molecule has 0 unspecified atom stereocenters. The van der Waals surface area contributed by atoms with Crippen LogP contribution in [0.3, 0.4) is 0 Å². The molecule has 3 aromatic carbocycles. The number of ether oxygens (including phenoxy) is 1. The van der Waals surface area contributed by atoms with Crippen LogP contribution >= 0.6 is 23.2 Å². The zero-order chi connectivity index (χ0) is 14.4. The van der Waals surface area contributed by atoms with Crippen molar-refractivity contribution >= 4 is 34.0 Å². The molecule has 3 heteroatoms. The second kappa shape index (κ2) is 5.03. The van der Waals surface area contributed by atoms with Gasteiger partial charge in [-0.25, -0.2) is 0 Å². The molecule has 1 aliphatic rings. The molecule has 0 saturated heterocycles. The minimum atomic E-state index is 0.649. The summed E-state index contributed by atoms with van der Waals surface area (Å²) in [7, 11) is 0. The molecule has 0 aromatic heterocycles. The van der Waals surface area contributed by atoms with E-state index in [9.17, 15) is 0 Å². The summed E-state index contributed by atoms with van der Waals surface area (Å²) in [6, 6.07) is 16.2. The molecule has 0 amide bonds. The van der Waals surface area contributed by atoms with Crippen molar-refractivity contribution in [2.75, 3.05) is 0 Å². The van der Waals surface area contributed by atoms with E-state index in [0.717, 1.165) is 21.0 Å². The Kier molecular flexibility index (Phi) is 3.15. The van der Waals surface area contributed by atoms with Crippen molar-refractivity contribution < 1.29 is 4.74 Å². The van der Waals surface area contributed by atoms with Crippen LogP contribution in [0.25, 0.3) is 21.9 Å². The Morgan fingerprint density at radius 3 is 2.38 bits per heavy atom. The van der Waals surface area contributed by atoms with Crippen molar-refractivity contribution in [2.24, 2.45) is 0 Å². The van der Waals surface area contributed by atoms with Crippen LogP contribution in [0.1, 0.15) is 11.1 Å². The van der Waals surface area contributed by atoms with Crippen LogP contribution in [0.2, 0.25) is 10.0 Å². The third kappa shape index (κ3) is 2.22. The quantitative estimate of drug-likeness (QED) is 0.548. The van der Waals surface area contributed by atoms with Crippen LogP contribution in [-0.2, 0) is 18.0 Å². The summed E-state index contributed by atoms with van der Waals surface area (Å²) in [5, 5.41) is 3.84. The van der Waals surface area contributed by atoms with Gasteiger partial charge in [0.05, 0.1) is 13.2 Å². The minimum Gasteiger partial charge on any atom is -0.372 e. The molecular formula is C18H12Cl2O. The number of fused-ring (bicyclic) bond motifs is 2. The number of halogens is 2. The van der Waals surface area contributed by atoms with E-state index in [0.29, 0.717) is 13.2 Å². The van der Waals surface area contributed by atoms with Gasteiger partial charge >= 0.3 is 0 Å². The van der Waals surface area contributed by atoms with E-state index in [1.165, 1.54) is 22.1 Å². The van der Waals surface area contributed by atoms with Gasteiger partial charge in [-0.15, -0.1) is 0 Å². The SMILES string of the molecule is Clc1ccc(-c2c3c(cc4ccc(Cl)cc24)COC3)cc1. The molecule has 1 nitrogen and oxygen atoms in total. The standard InChI is InChI=1S/C18H12Cl2O/c19-14-4-1-11(2-5-14)18-16-8-15(20)6-3-12(16)7-13-9-21-10-17(13)18/h1-8H,9-10H2. The molecule has 0 radical (unpaired) electrons. The predicted octanol–water partition coefficient (Wildman–Crippen LogP) is 5.84. The van der Waals surface area contributed by atoms with E-state index in [-0.39, 0.29) is 0 Å². The summed E-state index contributed by atoms with van der Waals surface area (Å²) in [6.45, 7) is 1.32. The van der Waals surface area contributed by atoms with Crippen molar-refractivity contribution in [1.82, 2.24) is 0 Å². The van der Waals surface area contributed by atoms with E-state index in [2.05, 4.69) is 24.3 Å². The molecule has 1 aliphatic heterocycles. The summed E-state index contributed by atoms with van der Waals surface area (Å²) in [6.07, 6.45) is 0. The predicted molar refractivity (Wildman–Crippen MR) is 87.9 cm³/mol. The summed E-state index contributed by atoms with van der Waals surface area (Å²) < 4.78 is 5.64. The molecule has 0 atom stereocenters. The van der Waals surface area contributed by atoms with Gasteiger partial charge in [-0.05, 0) is 63.4 Å². The fourth-order valence-electron chi connectivity index (χ4n) is 2.97. The van der Waals surface area contributed by atoms with Gasteiger partial charge in [-0.3, -0.25) is 0 Å². The number of benzene rings is 3. The molecule has 0 saturated carbocycles. The number of rotatable bonds is 1. The Labute approximate surface area is 133 Å². The average Bonchev–Trinajstić information content (AvgIpc) is 2.94. The van der Waals surface area contributed by atoms with Gasteiger partial charge in [0.25, 0.3) is 0 Å². The summed E-state index contributed by atoms with van der Waals surface area (Å²) in [5.41, 5.74) is 4.87. The molecule has 0 N–H and O–H groups in total.